The number of benzene rings is 3. The maximum Gasteiger partial charge on any atom is 0.252 e. The Kier molecular flexibility index (Phi) is 4.59. The summed E-state index contributed by atoms with van der Waals surface area (Å²) in [6.45, 7) is 2.01. The second kappa shape index (κ2) is 7.18. The molecule has 0 aliphatic carbocycles. The Morgan fingerprint density at radius 2 is 1.62 bits per heavy atom. The van der Waals surface area contributed by atoms with Gasteiger partial charge in [-0.1, -0.05) is 71.9 Å². The first-order valence-corrected chi connectivity index (χ1v) is 9.36. The molecule has 1 amide bonds. The van der Waals surface area contributed by atoms with E-state index in [-0.39, 0.29) is 11.3 Å². The number of carbonyl (C=O) groups is 1. The van der Waals surface area contributed by atoms with E-state index in [2.05, 4.69) is 5.32 Å². The largest absolute Gasteiger partial charge is 0.334 e. The highest BCUT2D eigenvalue weighted by molar-refractivity contribution is 8.00. The number of nitrogens with one attached hydrogen (secondary N) is 1. The summed E-state index contributed by atoms with van der Waals surface area (Å²) in [5.74, 6) is -0.0921. The lowest BCUT2D eigenvalue weighted by molar-refractivity contribution is 0.0956. The molecule has 1 atom stereocenters. The van der Waals surface area contributed by atoms with Crippen molar-refractivity contribution in [3.05, 3.63) is 95.6 Å². The number of amides is 1. The van der Waals surface area contributed by atoms with Crippen LogP contribution >= 0.6 is 11.8 Å². The molecular formula is C22H18N2OS. The van der Waals surface area contributed by atoms with Crippen molar-refractivity contribution in [2.24, 2.45) is 4.99 Å². The van der Waals surface area contributed by atoms with Crippen molar-refractivity contribution in [1.29, 1.82) is 0 Å². The molecule has 1 aliphatic rings. The maximum atomic E-state index is 12.7. The zero-order chi connectivity index (χ0) is 17.9. The molecule has 1 aliphatic heterocycles. The number of thioether (sulfide) groups is 1. The topological polar surface area (TPSA) is 41.5 Å². The second-order valence-corrected chi connectivity index (χ2v) is 7.32. The molecule has 26 heavy (non-hydrogen) atoms. The van der Waals surface area contributed by atoms with E-state index in [9.17, 15) is 4.79 Å². The minimum atomic E-state index is -0.235. The molecule has 3 aromatic carbocycles. The van der Waals surface area contributed by atoms with Crippen LogP contribution in [0.15, 0.2) is 88.8 Å². The van der Waals surface area contributed by atoms with E-state index >= 15 is 0 Å². The third kappa shape index (κ3) is 3.41. The van der Waals surface area contributed by atoms with Gasteiger partial charge in [0.05, 0.1) is 11.4 Å². The fraction of sp³-hybridized carbons (Fsp3) is 0.0909. The number of aliphatic imine (C=N–C) groups is 1. The normalized spacial score (nSPS) is 15.7. The average Bonchev–Trinajstić information content (AvgIpc) is 2.68. The minimum absolute atomic E-state index is 0.0921. The van der Waals surface area contributed by atoms with Gasteiger partial charge < -0.3 is 5.32 Å². The molecule has 1 N–H and O–H groups in total. The number of fused-ring (bicyclic) bond motifs is 1. The lowest BCUT2D eigenvalue weighted by atomic mass is 10.1. The van der Waals surface area contributed by atoms with E-state index in [4.69, 9.17) is 4.99 Å². The zero-order valence-electron chi connectivity index (χ0n) is 14.3. The Balaban J connectivity index is 1.67. The Labute approximate surface area is 157 Å². The van der Waals surface area contributed by atoms with Gasteiger partial charge in [-0.2, -0.15) is 0 Å². The van der Waals surface area contributed by atoms with Crippen molar-refractivity contribution in [2.75, 3.05) is 0 Å². The molecular weight excluding hydrogens is 340 g/mol. The van der Waals surface area contributed by atoms with Crippen LogP contribution in [0.1, 0.15) is 21.5 Å². The van der Waals surface area contributed by atoms with E-state index in [0.717, 1.165) is 27.4 Å². The first-order valence-electron chi connectivity index (χ1n) is 8.48. The Morgan fingerprint density at radius 3 is 2.38 bits per heavy atom. The average molecular weight is 358 g/mol. The second-order valence-electron chi connectivity index (χ2n) is 6.17. The molecule has 0 saturated heterocycles. The highest BCUT2D eigenvalue weighted by atomic mass is 32.2. The molecule has 0 saturated carbocycles. The van der Waals surface area contributed by atoms with Crippen molar-refractivity contribution in [2.45, 2.75) is 17.2 Å². The predicted molar refractivity (Wildman–Crippen MR) is 107 cm³/mol. The number of nitrogens with zero attached hydrogens (tertiary/aromatic N) is 1. The van der Waals surface area contributed by atoms with Gasteiger partial charge >= 0.3 is 0 Å². The van der Waals surface area contributed by atoms with Crippen LogP contribution in [0.25, 0.3) is 0 Å². The van der Waals surface area contributed by atoms with Gasteiger partial charge in [0, 0.05) is 10.5 Å². The SMILES string of the molecule is Cc1ccc(C(=O)N[C@@H]2Sc3ccccc3N=C2c2ccccc2)cc1. The Bertz CT molecular complexity index is 965. The molecule has 0 aromatic heterocycles. The molecule has 0 fully saturated rings. The number of aryl methyl sites for hydroxylation is 1. The van der Waals surface area contributed by atoms with Crippen LogP contribution in [0.3, 0.4) is 0 Å². The van der Waals surface area contributed by atoms with Crippen LogP contribution in [-0.2, 0) is 0 Å². The number of hydrogen-bond acceptors (Lipinski definition) is 3. The first kappa shape index (κ1) is 16.6. The highest BCUT2D eigenvalue weighted by Gasteiger charge is 2.26. The molecule has 0 radical (unpaired) electrons. The van der Waals surface area contributed by atoms with Crippen molar-refractivity contribution >= 4 is 29.1 Å². The summed E-state index contributed by atoms with van der Waals surface area (Å²) < 4.78 is 0. The highest BCUT2D eigenvalue weighted by Crippen LogP contribution is 2.38. The maximum absolute atomic E-state index is 12.7. The fourth-order valence-corrected chi connectivity index (χ4v) is 3.96. The summed E-state index contributed by atoms with van der Waals surface area (Å²) in [4.78, 5) is 18.6. The van der Waals surface area contributed by atoms with Crippen LogP contribution < -0.4 is 5.32 Å². The molecule has 128 valence electrons. The van der Waals surface area contributed by atoms with E-state index in [1.165, 1.54) is 0 Å². The van der Waals surface area contributed by atoms with Crippen molar-refractivity contribution in [3.8, 4) is 0 Å². The Morgan fingerprint density at radius 1 is 0.923 bits per heavy atom. The Hall–Kier alpha value is -2.85. The third-order valence-electron chi connectivity index (χ3n) is 4.24. The van der Waals surface area contributed by atoms with E-state index < -0.39 is 0 Å². The monoisotopic (exact) mass is 358 g/mol. The van der Waals surface area contributed by atoms with E-state index in [0.29, 0.717) is 5.56 Å². The molecule has 3 nitrogen and oxygen atoms in total. The van der Waals surface area contributed by atoms with Gasteiger partial charge in [-0.15, -0.1) is 0 Å². The summed E-state index contributed by atoms with van der Waals surface area (Å²) in [6.07, 6.45) is 0. The molecule has 4 rings (SSSR count). The van der Waals surface area contributed by atoms with Gasteiger partial charge in [0.15, 0.2) is 0 Å². The lowest BCUT2D eigenvalue weighted by Crippen LogP contribution is -2.39. The summed E-state index contributed by atoms with van der Waals surface area (Å²) in [6, 6.07) is 25.6. The first-order chi connectivity index (χ1) is 12.7. The van der Waals surface area contributed by atoms with Crippen molar-refractivity contribution in [3.63, 3.8) is 0 Å². The summed E-state index contributed by atoms with van der Waals surface area (Å²) >= 11 is 1.62. The molecule has 1 heterocycles. The number of para-hydroxylation sites is 1. The molecule has 0 spiro atoms. The number of hydrogen-bond donors (Lipinski definition) is 1. The van der Waals surface area contributed by atoms with Gasteiger partial charge in [0.25, 0.3) is 5.91 Å². The van der Waals surface area contributed by atoms with E-state index in [1.807, 2.05) is 85.8 Å². The summed E-state index contributed by atoms with van der Waals surface area (Å²) in [5, 5.41) is 2.90. The van der Waals surface area contributed by atoms with Crippen LogP contribution in [-0.4, -0.2) is 17.0 Å². The van der Waals surface area contributed by atoms with Crippen molar-refractivity contribution in [1.82, 2.24) is 5.32 Å². The number of carbonyl (C=O) groups excluding carboxylic acids is 1. The summed E-state index contributed by atoms with van der Waals surface area (Å²) in [5.41, 5.74) is 4.62. The third-order valence-corrected chi connectivity index (χ3v) is 5.42. The van der Waals surface area contributed by atoms with E-state index in [1.54, 1.807) is 11.8 Å². The van der Waals surface area contributed by atoms with Gasteiger partial charge in [0.1, 0.15) is 5.37 Å². The minimum Gasteiger partial charge on any atom is -0.334 e. The lowest BCUT2D eigenvalue weighted by Gasteiger charge is -2.25. The quantitative estimate of drug-likeness (QED) is 0.717. The van der Waals surface area contributed by atoms with Gasteiger partial charge in [-0.25, -0.2) is 4.99 Å². The van der Waals surface area contributed by atoms with Crippen LogP contribution in [0.5, 0.6) is 0 Å². The smallest absolute Gasteiger partial charge is 0.252 e. The van der Waals surface area contributed by atoms with Crippen LogP contribution in [0.4, 0.5) is 5.69 Å². The molecule has 0 bridgehead atoms. The zero-order valence-corrected chi connectivity index (χ0v) is 15.2. The molecule has 0 unspecified atom stereocenters. The standard InChI is InChI=1S/C22H18N2OS/c1-15-11-13-17(14-12-15)21(25)24-22-20(16-7-3-2-4-8-16)23-18-9-5-6-10-19(18)26-22/h2-14,22H,1H3,(H,24,25)/t22-/m1/s1. The predicted octanol–water partition coefficient (Wildman–Crippen LogP) is 4.98. The molecule has 4 heteroatoms. The fourth-order valence-electron chi connectivity index (χ4n) is 2.85. The summed E-state index contributed by atoms with van der Waals surface area (Å²) in [7, 11) is 0. The van der Waals surface area contributed by atoms with Crippen LogP contribution in [0, 0.1) is 6.92 Å². The number of rotatable bonds is 3. The van der Waals surface area contributed by atoms with Crippen LogP contribution in [0.2, 0.25) is 0 Å². The van der Waals surface area contributed by atoms with Crippen molar-refractivity contribution < 1.29 is 4.79 Å². The van der Waals surface area contributed by atoms with Gasteiger partial charge in [-0.3, -0.25) is 4.79 Å². The van der Waals surface area contributed by atoms with Gasteiger partial charge in [-0.05, 0) is 36.8 Å². The molecule has 3 aromatic rings. The van der Waals surface area contributed by atoms with Gasteiger partial charge in [0.2, 0.25) is 0 Å².